The van der Waals surface area contributed by atoms with Crippen molar-refractivity contribution >= 4 is 23.4 Å². The van der Waals surface area contributed by atoms with Gasteiger partial charge in [-0.25, -0.2) is 0 Å². The van der Waals surface area contributed by atoms with Crippen LogP contribution in [0, 0.1) is 0 Å². The lowest BCUT2D eigenvalue weighted by molar-refractivity contribution is -0.129. The van der Waals surface area contributed by atoms with Gasteiger partial charge in [0.2, 0.25) is 11.8 Å². The Morgan fingerprint density at radius 2 is 2.04 bits per heavy atom. The summed E-state index contributed by atoms with van der Waals surface area (Å²) in [6.45, 7) is 1.80. The Labute approximate surface area is 151 Å². The third-order valence-electron chi connectivity index (χ3n) is 4.50. The minimum atomic E-state index is -0.587. The van der Waals surface area contributed by atoms with E-state index in [1.54, 1.807) is 0 Å². The zero-order chi connectivity index (χ0) is 17.8. The lowest BCUT2D eigenvalue weighted by Crippen LogP contribution is -2.43. The van der Waals surface area contributed by atoms with Crippen LogP contribution in [-0.4, -0.2) is 61.7 Å². The molecule has 2 aliphatic rings. The van der Waals surface area contributed by atoms with Gasteiger partial charge >= 0.3 is 0 Å². The Bertz CT molecular complexity index is 625. The van der Waals surface area contributed by atoms with Crippen LogP contribution in [0.15, 0.2) is 24.3 Å². The summed E-state index contributed by atoms with van der Waals surface area (Å²) in [5.74, 6) is -0.822. The molecule has 2 aliphatic heterocycles. The van der Waals surface area contributed by atoms with Crippen LogP contribution in [0.2, 0.25) is 5.02 Å². The van der Waals surface area contributed by atoms with Gasteiger partial charge < -0.3 is 20.5 Å². The number of primary amides is 1. The second-order valence-corrected chi connectivity index (χ2v) is 6.88. The number of morpholine rings is 1. The molecule has 2 saturated heterocycles. The first-order valence-corrected chi connectivity index (χ1v) is 8.65. The van der Waals surface area contributed by atoms with Crippen molar-refractivity contribution in [2.45, 2.75) is 24.6 Å². The number of hydrogen-bond acceptors (Lipinski definition) is 5. The lowest BCUT2D eigenvalue weighted by atomic mass is 10.1. The molecule has 0 unspecified atom stereocenters. The average Bonchev–Trinajstić information content (AvgIpc) is 2.96. The molecule has 1 aromatic rings. The van der Waals surface area contributed by atoms with E-state index in [-0.39, 0.29) is 31.3 Å². The molecule has 0 aliphatic carbocycles. The predicted octanol–water partition coefficient (Wildman–Crippen LogP) is 0.472. The molecule has 0 radical (unpaired) electrons. The lowest BCUT2D eigenvalue weighted by Gasteiger charge is -2.35. The predicted molar refractivity (Wildman–Crippen MR) is 92.1 cm³/mol. The highest BCUT2D eigenvalue weighted by Crippen LogP contribution is 2.30. The molecular weight excluding hydrogens is 346 g/mol. The number of nitrogens with two attached hydrogens (primary N) is 1. The number of rotatable bonds is 6. The van der Waals surface area contributed by atoms with Crippen LogP contribution in [0.4, 0.5) is 0 Å². The first-order chi connectivity index (χ1) is 12.0. The van der Waals surface area contributed by atoms with Gasteiger partial charge in [0.1, 0.15) is 13.2 Å². The maximum Gasteiger partial charge on any atom is 0.246 e. The number of ether oxygens (including phenoxy) is 2. The molecule has 0 saturated carbocycles. The molecular formula is C17H22ClN3O4. The van der Waals surface area contributed by atoms with Crippen molar-refractivity contribution < 1.29 is 19.1 Å². The minimum Gasteiger partial charge on any atom is -0.371 e. The second kappa shape index (κ2) is 8.14. The van der Waals surface area contributed by atoms with Crippen molar-refractivity contribution in [2.75, 3.05) is 32.9 Å². The first kappa shape index (κ1) is 18.1. The molecule has 3 atom stereocenters. The maximum absolute atomic E-state index is 11.9. The topological polar surface area (TPSA) is 93.9 Å². The molecule has 2 heterocycles. The fourth-order valence-electron chi connectivity index (χ4n) is 3.37. The summed E-state index contributed by atoms with van der Waals surface area (Å²) in [6.07, 6.45) is 0.858. The second-order valence-electron chi connectivity index (χ2n) is 6.44. The Kier molecular flexibility index (Phi) is 5.90. The number of benzene rings is 1. The van der Waals surface area contributed by atoms with Crippen LogP contribution in [0.1, 0.15) is 18.1 Å². The molecule has 1 aromatic carbocycles. The summed E-state index contributed by atoms with van der Waals surface area (Å²) in [4.78, 5) is 24.8. The number of nitrogens with zero attached hydrogens (tertiary/aromatic N) is 1. The highest BCUT2D eigenvalue weighted by molar-refractivity contribution is 6.30. The molecule has 7 nitrogen and oxygen atoms in total. The Balaban J connectivity index is 1.48. The highest BCUT2D eigenvalue weighted by atomic mass is 35.5. The quantitative estimate of drug-likeness (QED) is 0.762. The van der Waals surface area contributed by atoms with E-state index in [9.17, 15) is 9.59 Å². The van der Waals surface area contributed by atoms with Crippen LogP contribution in [0.3, 0.4) is 0 Å². The van der Waals surface area contributed by atoms with Gasteiger partial charge in [-0.05, 0) is 24.1 Å². The smallest absolute Gasteiger partial charge is 0.246 e. The van der Waals surface area contributed by atoms with E-state index >= 15 is 0 Å². The summed E-state index contributed by atoms with van der Waals surface area (Å²) < 4.78 is 10.9. The fourth-order valence-corrected chi connectivity index (χ4v) is 3.50. The van der Waals surface area contributed by atoms with Crippen molar-refractivity contribution in [2.24, 2.45) is 5.73 Å². The van der Waals surface area contributed by atoms with E-state index in [0.29, 0.717) is 17.7 Å². The van der Waals surface area contributed by atoms with Gasteiger partial charge in [-0.1, -0.05) is 23.7 Å². The SMILES string of the molecule is NC(=O)COCC(=O)N[C@H]1C[C@H]2CO[C@@H](c3ccc(Cl)cc3)CN2C1. The normalized spacial score (nSPS) is 26.2. The van der Waals surface area contributed by atoms with Gasteiger partial charge in [0.05, 0.1) is 12.7 Å². The molecule has 0 spiro atoms. The zero-order valence-corrected chi connectivity index (χ0v) is 14.6. The van der Waals surface area contributed by atoms with Gasteiger partial charge in [0, 0.05) is 30.2 Å². The third-order valence-corrected chi connectivity index (χ3v) is 4.75. The van der Waals surface area contributed by atoms with Crippen molar-refractivity contribution in [3.05, 3.63) is 34.9 Å². The number of amides is 2. The van der Waals surface area contributed by atoms with Crippen LogP contribution in [-0.2, 0) is 19.1 Å². The minimum absolute atomic E-state index is 0.0156. The molecule has 2 fully saturated rings. The van der Waals surface area contributed by atoms with Gasteiger partial charge in [-0.2, -0.15) is 0 Å². The summed E-state index contributed by atoms with van der Waals surface area (Å²) in [5, 5.41) is 3.65. The van der Waals surface area contributed by atoms with Crippen molar-refractivity contribution in [3.63, 3.8) is 0 Å². The molecule has 0 bridgehead atoms. The number of carbonyl (C=O) groups is 2. The first-order valence-electron chi connectivity index (χ1n) is 8.28. The van der Waals surface area contributed by atoms with Crippen molar-refractivity contribution in [1.29, 1.82) is 0 Å². The van der Waals surface area contributed by atoms with Gasteiger partial charge in [-0.15, -0.1) is 0 Å². The van der Waals surface area contributed by atoms with Crippen LogP contribution in [0.25, 0.3) is 0 Å². The number of hydrogen-bond donors (Lipinski definition) is 2. The molecule has 25 heavy (non-hydrogen) atoms. The monoisotopic (exact) mass is 367 g/mol. The molecule has 3 rings (SSSR count). The van der Waals surface area contributed by atoms with E-state index < -0.39 is 5.91 Å². The van der Waals surface area contributed by atoms with Crippen LogP contribution in [0.5, 0.6) is 0 Å². The highest BCUT2D eigenvalue weighted by Gasteiger charge is 2.38. The van der Waals surface area contributed by atoms with E-state index in [2.05, 4.69) is 10.2 Å². The van der Waals surface area contributed by atoms with E-state index in [4.69, 9.17) is 26.8 Å². The molecule has 2 amide bonds. The van der Waals surface area contributed by atoms with E-state index in [1.165, 1.54) is 0 Å². The molecule has 8 heteroatoms. The standard InChI is InChI=1S/C17H22ClN3O4/c18-12-3-1-11(2-4-12)15-7-21-6-13(5-14(21)8-25-15)20-17(23)10-24-9-16(19)22/h1-4,13-15H,5-10H2,(H2,19,22)(H,20,23)/t13-,14-,15+/m0/s1. The average molecular weight is 368 g/mol. The number of fused-ring (bicyclic) bond motifs is 1. The molecule has 136 valence electrons. The largest absolute Gasteiger partial charge is 0.371 e. The zero-order valence-electron chi connectivity index (χ0n) is 13.8. The van der Waals surface area contributed by atoms with Crippen LogP contribution < -0.4 is 11.1 Å². The molecule has 0 aromatic heterocycles. The maximum atomic E-state index is 11.9. The number of nitrogens with one attached hydrogen (secondary N) is 1. The van der Waals surface area contributed by atoms with Gasteiger partial charge in [0.25, 0.3) is 0 Å². The molecule has 3 N–H and O–H groups in total. The number of halogens is 1. The van der Waals surface area contributed by atoms with E-state index in [0.717, 1.165) is 25.1 Å². The van der Waals surface area contributed by atoms with Gasteiger partial charge in [0.15, 0.2) is 0 Å². The summed E-state index contributed by atoms with van der Waals surface area (Å²) in [5.41, 5.74) is 6.07. The van der Waals surface area contributed by atoms with Crippen molar-refractivity contribution in [3.8, 4) is 0 Å². The summed E-state index contributed by atoms with van der Waals surface area (Å²) in [7, 11) is 0. The summed E-state index contributed by atoms with van der Waals surface area (Å²) in [6, 6.07) is 8.07. The Hall–Kier alpha value is -1.67. The Morgan fingerprint density at radius 1 is 1.28 bits per heavy atom. The Morgan fingerprint density at radius 3 is 2.76 bits per heavy atom. The third kappa shape index (κ3) is 4.92. The number of carbonyl (C=O) groups excluding carboxylic acids is 2. The van der Waals surface area contributed by atoms with Crippen LogP contribution >= 0.6 is 11.6 Å². The van der Waals surface area contributed by atoms with E-state index in [1.807, 2.05) is 24.3 Å². The van der Waals surface area contributed by atoms with Gasteiger partial charge in [-0.3, -0.25) is 14.5 Å². The summed E-state index contributed by atoms with van der Waals surface area (Å²) >= 11 is 5.93. The fraction of sp³-hybridized carbons (Fsp3) is 0.529. The van der Waals surface area contributed by atoms with Crippen molar-refractivity contribution in [1.82, 2.24) is 10.2 Å².